The monoisotopic (exact) mass is 306 g/mol. The van der Waals surface area contributed by atoms with Crippen LogP contribution < -0.4 is 14.2 Å². The van der Waals surface area contributed by atoms with Gasteiger partial charge in [-0.2, -0.15) is 0 Å². The number of halogens is 1. The van der Waals surface area contributed by atoms with Crippen LogP contribution in [0.15, 0.2) is 42.5 Å². The second-order valence-corrected chi connectivity index (χ2v) is 4.44. The van der Waals surface area contributed by atoms with Gasteiger partial charge in [0.2, 0.25) is 12.5 Å². The zero-order chi connectivity index (χ0) is 12.4. The number of alkyl halides is 1. The van der Waals surface area contributed by atoms with E-state index in [1.165, 1.54) is 0 Å². The standard InChI is InChI=1S/C14H11BrO3/c15-8-10-6-12-14(17-9-16-12)13(7-10)18-11-4-2-1-3-5-11/h1-7H,8-9H2. The first kappa shape index (κ1) is 11.4. The summed E-state index contributed by atoms with van der Waals surface area (Å²) < 4.78 is 16.7. The third-order valence-corrected chi connectivity index (χ3v) is 3.27. The van der Waals surface area contributed by atoms with Crippen molar-refractivity contribution < 1.29 is 14.2 Å². The van der Waals surface area contributed by atoms with Crippen LogP contribution in [0.2, 0.25) is 0 Å². The fourth-order valence-corrected chi connectivity index (χ4v) is 2.12. The quantitative estimate of drug-likeness (QED) is 0.799. The van der Waals surface area contributed by atoms with Crippen molar-refractivity contribution in [1.29, 1.82) is 0 Å². The molecule has 0 saturated heterocycles. The first-order chi connectivity index (χ1) is 8.86. The lowest BCUT2D eigenvalue weighted by Gasteiger charge is -2.09. The van der Waals surface area contributed by atoms with Crippen LogP contribution in [-0.2, 0) is 5.33 Å². The molecule has 0 N–H and O–H groups in total. The molecule has 0 bridgehead atoms. The van der Waals surface area contributed by atoms with E-state index in [0.717, 1.165) is 22.4 Å². The summed E-state index contributed by atoms with van der Waals surface area (Å²) in [6.45, 7) is 0.242. The van der Waals surface area contributed by atoms with Gasteiger partial charge in [0.05, 0.1) is 0 Å². The highest BCUT2D eigenvalue weighted by molar-refractivity contribution is 9.08. The van der Waals surface area contributed by atoms with Gasteiger partial charge in [-0.05, 0) is 29.8 Å². The molecule has 1 aliphatic heterocycles. The van der Waals surface area contributed by atoms with Crippen LogP contribution in [-0.4, -0.2) is 6.79 Å². The van der Waals surface area contributed by atoms with Gasteiger partial charge >= 0.3 is 0 Å². The molecule has 1 heterocycles. The number of benzene rings is 2. The largest absolute Gasteiger partial charge is 0.453 e. The predicted molar refractivity (Wildman–Crippen MR) is 71.7 cm³/mol. The summed E-state index contributed by atoms with van der Waals surface area (Å²) in [7, 11) is 0. The van der Waals surface area contributed by atoms with E-state index in [1.807, 2.05) is 42.5 Å². The van der Waals surface area contributed by atoms with Gasteiger partial charge in [0, 0.05) is 5.33 Å². The Morgan fingerprint density at radius 2 is 1.94 bits per heavy atom. The Kier molecular flexibility index (Phi) is 3.11. The van der Waals surface area contributed by atoms with Crippen LogP contribution in [0, 0.1) is 0 Å². The lowest BCUT2D eigenvalue weighted by Crippen LogP contribution is -1.93. The molecule has 0 spiro atoms. The van der Waals surface area contributed by atoms with Crippen molar-refractivity contribution in [2.24, 2.45) is 0 Å². The fourth-order valence-electron chi connectivity index (χ4n) is 1.80. The third kappa shape index (κ3) is 2.16. The van der Waals surface area contributed by atoms with Crippen LogP contribution in [0.3, 0.4) is 0 Å². The highest BCUT2D eigenvalue weighted by Crippen LogP contribution is 2.44. The van der Waals surface area contributed by atoms with Crippen LogP contribution in [0.4, 0.5) is 0 Å². The van der Waals surface area contributed by atoms with E-state index in [4.69, 9.17) is 14.2 Å². The van der Waals surface area contributed by atoms with Gasteiger partial charge < -0.3 is 14.2 Å². The molecule has 2 aromatic rings. The molecule has 0 aromatic heterocycles. The van der Waals surface area contributed by atoms with Crippen molar-refractivity contribution in [2.45, 2.75) is 5.33 Å². The average molecular weight is 307 g/mol. The maximum absolute atomic E-state index is 5.84. The van der Waals surface area contributed by atoms with Crippen molar-refractivity contribution in [3.05, 3.63) is 48.0 Å². The van der Waals surface area contributed by atoms with Gasteiger partial charge in [0.25, 0.3) is 0 Å². The Bertz CT molecular complexity index is 554. The molecule has 1 aliphatic rings. The van der Waals surface area contributed by atoms with Gasteiger partial charge in [-0.25, -0.2) is 0 Å². The molecule has 3 nitrogen and oxygen atoms in total. The van der Waals surface area contributed by atoms with Crippen molar-refractivity contribution in [3.8, 4) is 23.0 Å². The van der Waals surface area contributed by atoms with Crippen molar-refractivity contribution in [1.82, 2.24) is 0 Å². The minimum Gasteiger partial charge on any atom is -0.453 e. The van der Waals surface area contributed by atoms with Crippen molar-refractivity contribution >= 4 is 15.9 Å². The summed E-state index contributed by atoms with van der Waals surface area (Å²) in [5, 5.41) is 0.745. The van der Waals surface area contributed by atoms with E-state index in [9.17, 15) is 0 Å². The number of hydrogen-bond donors (Lipinski definition) is 0. The number of ether oxygens (including phenoxy) is 3. The van der Waals surface area contributed by atoms with E-state index < -0.39 is 0 Å². The average Bonchev–Trinajstić information content (AvgIpc) is 2.88. The first-order valence-corrected chi connectivity index (χ1v) is 6.70. The van der Waals surface area contributed by atoms with E-state index in [0.29, 0.717) is 11.5 Å². The smallest absolute Gasteiger partial charge is 0.231 e. The second kappa shape index (κ2) is 4.90. The number of rotatable bonds is 3. The second-order valence-electron chi connectivity index (χ2n) is 3.88. The highest BCUT2D eigenvalue weighted by atomic mass is 79.9. The molecule has 2 aromatic carbocycles. The highest BCUT2D eigenvalue weighted by Gasteiger charge is 2.20. The summed E-state index contributed by atoms with van der Waals surface area (Å²) in [5.74, 6) is 2.87. The van der Waals surface area contributed by atoms with Gasteiger partial charge in [0.15, 0.2) is 11.5 Å². The molecule has 0 fully saturated rings. The van der Waals surface area contributed by atoms with E-state index in [1.54, 1.807) is 0 Å². The van der Waals surface area contributed by atoms with Gasteiger partial charge in [-0.3, -0.25) is 0 Å². The maximum atomic E-state index is 5.84. The number of fused-ring (bicyclic) bond motifs is 1. The van der Waals surface area contributed by atoms with Gasteiger partial charge in [-0.15, -0.1) is 0 Å². The van der Waals surface area contributed by atoms with Crippen LogP contribution in [0.5, 0.6) is 23.0 Å². The molecule has 4 heteroatoms. The molecular formula is C14H11BrO3. The Balaban J connectivity index is 1.98. The normalized spacial score (nSPS) is 12.5. The summed E-state index contributed by atoms with van der Waals surface area (Å²) in [5.41, 5.74) is 1.09. The van der Waals surface area contributed by atoms with Gasteiger partial charge in [-0.1, -0.05) is 34.1 Å². The zero-order valence-corrected chi connectivity index (χ0v) is 11.1. The summed E-state index contributed by atoms with van der Waals surface area (Å²) in [4.78, 5) is 0. The molecule has 18 heavy (non-hydrogen) atoms. The molecule has 92 valence electrons. The zero-order valence-electron chi connectivity index (χ0n) is 9.56. The number of para-hydroxylation sites is 1. The topological polar surface area (TPSA) is 27.7 Å². The third-order valence-electron chi connectivity index (χ3n) is 2.62. The van der Waals surface area contributed by atoms with E-state index >= 15 is 0 Å². The summed E-state index contributed by atoms with van der Waals surface area (Å²) in [6.07, 6.45) is 0. The molecule has 0 unspecified atom stereocenters. The Morgan fingerprint density at radius 3 is 2.72 bits per heavy atom. The Labute approximate surface area is 113 Å². The fraction of sp³-hybridized carbons (Fsp3) is 0.143. The molecule has 0 atom stereocenters. The Morgan fingerprint density at radius 1 is 1.11 bits per heavy atom. The predicted octanol–water partition coefficient (Wildman–Crippen LogP) is 4.10. The van der Waals surface area contributed by atoms with Crippen LogP contribution >= 0.6 is 15.9 Å². The van der Waals surface area contributed by atoms with Crippen molar-refractivity contribution in [3.63, 3.8) is 0 Å². The summed E-state index contributed by atoms with van der Waals surface area (Å²) in [6, 6.07) is 13.5. The SMILES string of the molecule is BrCc1cc2c(c(Oc3ccccc3)c1)OCO2. The Hall–Kier alpha value is -1.68. The minimum absolute atomic E-state index is 0.242. The molecule has 0 radical (unpaired) electrons. The molecular weight excluding hydrogens is 296 g/mol. The van der Waals surface area contributed by atoms with Crippen LogP contribution in [0.1, 0.15) is 5.56 Å². The molecule has 0 amide bonds. The van der Waals surface area contributed by atoms with Gasteiger partial charge in [0.1, 0.15) is 5.75 Å². The first-order valence-electron chi connectivity index (χ1n) is 5.58. The molecule has 0 saturated carbocycles. The van der Waals surface area contributed by atoms with Crippen molar-refractivity contribution in [2.75, 3.05) is 6.79 Å². The molecule has 3 rings (SSSR count). The lowest BCUT2D eigenvalue weighted by molar-refractivity contribution is 0.172. The number of hydrogen-bond acceptors (Lipinski definition) is 3. The van der Waals surface area contributed by atoms with E-state index in [2.05, 4.69) is 15.9 Å². The van der Waals surface area contributed by atoms with E-state index in [-0.39, 0.29) is 6.79 Å². The minimum atomic E-state index is 0.242. The van der Waals surface area contributed by atoms with Crippen LogP contribution in [0.25, 0.3) is 0 Å². The summed E-state index contributed by atoms with van der Waals surface area (Å²) >= 11 is 3.43. The maximum Gasteiger partial charge on any atom is 0.231 e. The molecule has 0 aliphatic carbocycles. The lowest BCUT2D eigenvalue weighted by atomic mass is 10.2.